The highest BCUT2D eigenvalue weighted by atomic mass is 19.4. The summed E-state index contributed by atoms with van der Waals surface area (Å²) in [6, 6.07) is 25.5. The summed E-state index contributed by atoms with van der Waals surface area (Å²) < 4.78 is 55.3. The second kappa shape index (κ2) is 15.3. The van der Waals surface area contributed by atoms with Crippen LogP contribution in [0.3, 0.4) is 0 Å². The van der Waals surface area contributed by atoms with E-state index in [2.05, 4.69) is 11.9 Å². The van der Waals surface area contributed by atoms with Crippen molar-refractivity contribution in [1.29, 1.82) is 0 Å². The fraction of sp³-hybridized carbons (Fsp3) is 0.216. The van der Waals surface area contributed by atoms with Crippen LogP contribution in [0.25, 0.3) is 11.1 Å². The van der Waals surface area contributed by atoms with Gasteiger partial charge in [-0.1, -0.05) is 73.3 Å². The lowest BCUT2D eigenvalue weighted by atomic mass is 9.92. The molecule has 11 heteroatoms. The Bertz CT molecular complexity index is 1740. The number of nitrogens with zero attached hydrogens (tertiary/aromatic N) is 1. The van der Waals surface area contributed by atoms with Gasteiger partial charge in [0.2, 0.25) is 5.91 Å². The largest absolute Gasteiger partial charge is 0.489 e. The summed E-state index contributed by atoms with van der Waals surface area (Å²) in [4.78, 5) is 40.4. The maximum atomic E-state index is 13.6. The predicted molar refractivity (Wildman–Crippen MR) is 172 cm³/mol. The van der Waals surface area contributed by atoms with Crippen LogP contribution in [0, 0.1) is 0 Å². The van der Waals surface area contributed by atoms with Gasteiger partial charge in [0.05, 0.1) is 12.0 Å². The van der Waals surface area contributed by atoms with Gasteiger partial charge in [0.1, 0.15) is 30.8 Å². The molecular formula is C37H33F3N2O6. The standard InChI is InChI=1S/C37H33F3N2O6/c1-2-22-46-36(45)42-21-19-28-12-17-31(47-24-25-8-13-29(14-9-25)37(38,39)40)23-32(28)34(42)35(44)41-20-18-33(43)48-30-15-10-27(11-16-30)26-6-4-3-5-7-26/h2-17,23,34H,1,18-22,24H2,(H,41,44)/t34-/m0/s1. The minimum atomic E-state index is -4.44. The van der Waals surface area contributed by atoms with Crippen molar-refractivity contribution in [2.24, 2.45) is 0 Å². The second-order valence-corrected chi connectivity index (χ2v) is 11.0. The van der Waals surface area contributed by atoms with E-state index in [-0.39, 0.29) is 32.7 Å². The molecule has 2 amide bonds. The number of nitrogens with one attached hydrogen (secondary N) is 1. The number of alkyl halides is 3. The molecule has 4 aromatic carbocycles. The van der Waals surface area contributed by atoms with E-state index in [1.54, 1.807) is 30.3 Å². The van der Waals surface area contributed by atoms with Crippen LogP contribution in [0.4, 0.5) is 18.0 Å². The second-order valence-electron chi connectivity index (χ2n) is 11.0. The number of amides is 2. The zero-order chi connectivity index (χ0) is 34.1. The molecule has 1 aliphatic rings. The number of benzene rings is 4. The SMILES string of the molecule is C=CCOC(=O)N1CCc2ccc(OCc3ccc(C(F)(F)F)cc3)cc2[C@H]1C(=O)NCCC(=O)Oc1ccc(-c2ccccc2)cc1. The molecule has 1 atom stereocenters. The van der Waals surface area contributed by atoms with Gasteiger partial charge in [-0.25, -0.2) is 4.79 Å². The van der Waals surface area contributed by atoms with E-state index in [9.17, 15) is 27.6 Å². The molecule has 48 heavy (non-hydrogen) atoms. The number of carbonyl (C=O) groups is 3. The molecule has 8 nitrogen and oxygen atoms in total. The molecule has 1 heterocycles. The van der Waals surface area contributed by atoms with E-state index in [1.807, 2.05) is 42.5 Å². The van der Waals surface area contributed by atoms with Crippen LogP contribution in [0.1, 0.15) is 34.7 Å². The third kappa shape index (κ3) is 8.61. The molecule has 248 valence electrons. The Hall–Kier alpha value is -5.58. The van der Waals surface area contributed by atoms with Crippen LogP contribution >= 0.6 is 0 Å². The molecule has 0 aliphatic carbocycles. The van der Waals surface area contributed by atoms with Gasteiger partial charge in [-0.05, 0) is 70.6 Å². The molecule has 5 rings (SSSR count). The maximum Gasteiger partial charge on any atom is 0.416 e. The maximum absolute atomic E-state index is 13.6. The molecule has 1 N–H and O–H groups in total. The number of hydrogen-bond donors (Lipinski definition) is 1. The highest BCUT2D eigenvalue weighted by molar-refractivity contribution is 5.88. The summed E-state index contributed by atoms with van der Waals surface area (Å²) in [5.41, 5.74) is 3.07. The number of carbonyl (C=O) groups excluding carboxylic acids is 3. The fourth-order valence-electron chi connectivity index (χ4n) is 5.25. The Morgan fingerprint density at radius 1 is 0.896 bits per heavy atom. The molecule has 1 aliphatic heterocycles. The minimum absolute atomic E-state index is 0.0179. The molecule has 0 aromatic heterocycles. The Morgan fingerprint density at radius 2 is 1.58 bits per heavy atom. The van der Waals surface area contributed by atoms with E-state index < -0.39 is 35.8 Å². The van der Waals surface area contributed by atoms with E-state index in [0.29, 0.717) is 29.0 Å². The smallest absolute Gasteiger partial charge is 0.416 e. The zero-order valence-electron chi connectivity index (χ0n) is 25.9. The molecule has 0 bridgehead atoms. The highest BCUT2D eigenvalue weighted by Crippen LogP contribution is 2.34. The number of fused-ring (bicyclic) bond motifs is 1. The summed E-state index contributed by atoms with van der Waals surface area (Å²) in [7, 11) is 0. The zero-order valence-corrected chi connectivity index (χ0v) is 25.9. The van der Waals surface area contributed by atoms with Crippen LogP contribution in [0.2, 0.25) is 0 Å². The molecule has 0 fully saturated rings. The van der Waals surface area contributed by atoms with Gasteiger partial charge in [-0.15, -0.1) is 0 Å². The van der Waals surface area contributed by atoms with Gasteiger partial charge >= 0.3 is 18.2 Å². The van der Waals surface area contributed by atoms with Crippen molar-refractivity contribution in [3.05, 3.63) is 132 Å². The van der Waals surface area contributed by atoms with Gasteiger partial charge in [0, 0.05) is 13.1 Å². The van der Waals surface area contributed by atoms with Crippen LogP contribution in [-0.2, 0) is 33.5 Å². The number of rotatable bonds is 11. The van der Waals surface area contributed by atoms with Gasteiger partial charge in [-0.3, -0.25) is 14.5 Å². The molecular weight excluding hydrogens is 625 g/mol. The van der Waals surface area contributed by atoms with Crippen molar-refractivity contribution in [2.45, 2.75) is 31.7 Å². The number of hydrogen-bond acceptors (Lipinski definition) is 6. The van der Waals surface area contributed by atoms with Gasteiger partial charge in [-0.2, -0.15) is 13.2 Å². The van der Waals surface area contributed by atoms with Gasteiger partial charge < -0.3 is 19.5 Å². The number of ether oxygens (including phenoxy) is 3. The normalized spacial score (nSPS) is 14.0. The van der Waals surface area contributed by atoms with Crippen molar-refractivity contribution in [2.75, 3.05) is 19.7 Å². The highest BCUT2D eigenvalue weighted by Gasteiger charge is 2.37. The van der Waals surface area contributed by atoms with E-state index in [4.69, 9.17) is 14.2 Å². The lowest BCUT2D eigenvalue weighted by molar-refractivity contribution is -0.137. The van der Waals surface area contributed by atoms with Gasteiger partial charge in [0.25, 0.3) is 0 Å². The molecule has 0 unspecified atom stereocenters. The monoisotopic (exact) mass is 658 g/mol. The summed E-state index contributed by atoms with van der Waals surface area (Å²) in [5, 5.41) is 2.73. The van der Waals surface area contributed by atoms with Gasteiger partial charge in [0.15, 0.2) is 0 Å². The summed E-state index contributed by atoms with van der Waals surface area (Å²) in [6.07, 6.45) is -3.42. The van der Waals surface area contributed by atoms with Crippen molar-refractivity contribution < 1.29 is 41.8 Å². The third-order valence-corrected chi connectivity index (χ3v) is 7.66. The van der Waals surface area contributed by atoms with Crippen molar-refractivity contribution in [3.63, 3.8) is 0 Å². The third-order valence-electron chi connectivity index (χ3n) is 7.66. The van der Waals surface area contributed by atoms with Crippen molar-refractivity contribution >= 4 is 18.0 Å². The van der Waals surface area contributed by atoms with E-state index in [0.717, 1.165) is 28.8 Å². The average Bonchev–Trinajstić information content (AvgIpc) is 3.09. The first-order valence-corrected chi connectivity index (χ1v) is 15.2. The molecule has 0 saturated carbocycles. The molecule has 0 spiro atoms. The van der Waals surface area contributed by atoms with Crippen molar-refractivity contribution in [1.82, 2.24) is 10.2 Å². The lowest BCUT2D eigenvalue weighted by Crippen LogP contribution is -2.47. The Labute approximate surface area is 275 Å². The first-order chi connectivity index (χ1) is 23.1. The summed E-state index contributed by atoms with van der Waals surface area (Å²) in [6.45, 7) is 3.64. The lowest BCUT2D eigenvalue weighted by Gasteiger charge is -2.35. The van der Waals surface area contributed by atoms with E-state index in [1.165, 1.54) is 23.1 Å². The van der Waals surface area contributed by atoms with Crippen molar-refractivity contribution in [3.8, 4) is 22.6 Å². The quantitative estimate of drug-likeness (QED) is 0.103. The Balaban J connectivity index is 1.24. The molecule has 4 aromatic rings. The average molecular weight is 659 g/mol. The summed E-state index contributed by atoms with van der Waals surface area (Å²) in [5.74, 6) is -0.360. The summed E-state index contributed by atoms with van der Waals surface area (Å²) >= 11 is 0. The molecule has 0 saturated heterocycles. The molecule has 0 radical (unpaired) electrons. The van der Waals surface area contributed by atoms with Crippen LogP contribution in [-0.4, -0.2) is 42.6 Å². The topological polar surface area (TPSA) is 94.2 Å². The van der Waals surface area contributed by atoms with E-state index >= 15 is 0 Å². The number of esters is 1. The fourth-order valence-corrected chi connectivity index (χ4v) is 5.25. The first kappa shape index (κ1) is 33.8. The number of halogens is 3. The van der Waals surface area contributed by atoms with Crippen LogP contribution in [0.5, 0.6) is 11.5 Å². The minimum Gasteiger partial charge on any atom is -0.489 e. The Kier molecular flexibility index (Phi) is 10.8. The Morgan fingerprint density at radius 3 is 2.27 bits per heavy atom. The van der Waals surface area contributed by atoms with Crippen LogP contribution in [0.15, 0.2) is 110 Å². The first-order valence-electron chi connectivity index (χ1n) is 15.2. The van der Waals surface area contributed by atoms with Crippen LogP contribution < -0.4 is 14.8 Å². The predicted octanol–water partition coefficient (Wildman–Crippen LogP) is 7.29.